The molecule has 0 bridgehead atoms. The summed E-state index contributed by atoms with van der Waals surface area (Å²) in [7, 11) is 1.61. The minimum atomic E-state index is -4.48. The molecule has 1 aliphatic heterocycles. The largest absolute Gasteiger partial charge is 0.418 e. The Morgan fingerprint density at radius 2 is 2.00 bits per heavy atom. The van der Waals surface area contributed by atoms with Gasteiger partial charge in [0.2, 0.25) is 0 Å². The van der Waals surface area contributed by atoms with Gasteiger partial charge in [0.15, 0.2) is 12.3 Å². The average molecular weight is 463 g/mol. The maximum atomic E-state index is 13.6. The third-order valence-electron chi connectivity index (χ3n) is 5.81. The van der Waals surface area contributed by atoms with Crippen molar-refractivity contribution in [1.82, 2.24) is 9.19 Å². The molecule has 10 heteroatoms. The summed E-state index contributed by atoms with van der Waals surface area (Å²) in [5.41, 5.74) is 2.22. The first-order valence-electron chi connectivity index (χ1n) is 8.57. The number of hydrogen-bond acceptors (Lipinski definition) is 4. The second-order valence-corrected chi connectivity index (χ2v) is 8.82. The minimum absolute atomic E-state index is 0.0503. The molecule has 0 radical (unpaired) electrons. The van der Waals surface area contributed by atoms with Crippen LogP contribution >= 0.6 is 28.3 Å². The van der Waals surface area contributed by atoms with Crippen LogP contribution in [0.4, 0.5) is 28.4 Å². The Hall–Kier alpha value is -1.42. The molecule has 2 heterocycles. The van der Waals surface area contributed by atoms with Crippen molar-refractivity contribution in [2.45, 2.75) is 31.6 Å². The molecule has 27 heavy (non-hydrogen) atoms. The zero-order valence-corrected chi connectivity index (χ0v) is 16.6. The fourth-order valence-electron chi connectivity index (χ4n) is 4.43. The van der Waals surface area contributed by atoms with E-state index >= 15 is 0 Å². The van der Waals surface area contributed by atoms with E-state index in [9.17, 15) is 17.1 Å². The van der Waals surface area contributed by atoms with Gasteiger partial charge in [-0.05, 0) is 43.2 Å². The highest BCUT2D eigenvalue weighted by molar-refractivity contribution is 9.10. The molecule has 1 aromatic heterocycles. The summed E-state index contributed by atoms with van der Waals surface area (Å²) in [6.45, 7) is 0. The predicted octanol–water partition coefficient (Wildman–Crippen LogP) is 5.34. The maximum Gasteiger partial charge on any atom is 0.418 e. The minimum Gasteiger partial charge on any atom is -0.358 e. The molecular formula is C17H15BrF4N4S. The molecule has 1 fully saturated rings. The van der Waals surface area contributed by atoms with Gasteiger partial charge in [-0.1, -0.05) is 15.9 Å². The molecule has 2 aromatic rings. The fourth-order valence-corrected chi connectivity index (χ4v) is 5.28. The van der Waals surface area contributed by atoms with Crippen molar-refractivity contribution in [3.8, 4) is 0 Å². The molecule has 3 aliphatic rings. The van der Waals surface area contributed by atoms with Crippen LogP contribution in [0.2, 0.25) is 0 Å². The Morgan fingerprint density at radius 3 is 2.70 bits per heavy atom. The number of nitrogens with zero attached hydrogens (tertiary/aromatic N) is 3. The first-order valence-corrected chi connectivity index (χ1v) is 10.0. The van der Waals surface area contributed by atoms with Crippen molar-refractivity contribution in [3.05, 3.63) is 39.1 Å². The fraction of sp³-hybridized carbons (Fsp3) is 0.471. The van der Waals surface area contributed by atoms with Gasteiger partial charge in [0.25, 0.3) is 0 Å². The lowest BCUT2D eigenvalue weighted by Crippen LogP contribution is -2.26. The third kappa shape index (κ3) is 2.66. The molecule has 0 saturated heterocycles. The van der Waals surface area contributed by atoms with E-state index in [1.54, 1.807) is 18.0 Å². The van der Waals surface area contributed by atoms with Crippen LogP contribution in [0.25, 0.3) is 0 Å². The molecule has 2 aliphatic carbocycles. The molecule has 1 N–H and O–H groups in total. The second kappa shape index (κ2) is 5.79. The van der Waals surface area contributed by atoms with E-state index in [1.807, 2.05) is 0 Å². The molecule has 1 saturated carbocycles. The third-order valence-corrected chi connectivity index (χ3v) is 6.71. The van der Waals surface area contributed by atoms with E-state index in [-0.39, 0.29) is 18.0 Å². The number of benzene rings is 1. The van der Waals surface area contributed by atoms with Gasteiger partial charge in [-0.15, -0.1) is 3.89 Å². The van der Waals surface area contributed by atoms with Crippen LogP contribution in [-0.2, 0) is 19.0 Å². The highest BCUT2D eigenvalue weighted by Crippen LogP contribution is 2.53. The first-order chi connectivity index (χ1) is 12.8. The molecule has 5 rings (SSSR count). The first kappa shape index (κ1) is 17.7. The number of alkyl halides is 3. The van der Waals surface area contributed by atoms with Crippen molar-refractivity contribution in [1.29, 1.82) is 0 Å². The summed E-state index contributed by atoms with van der Waals surface area (Å²) < 4.78 is 55.8. The molecule has 1 aromatic carbocycles. The standard InChI is InChI=1S/C17H15BrF4N4S/c1-25-15-11(17(19,20)21)5-9(18)6-12(15)23-16(25)14-10-3-7-2-8(7)4-13(10)26(24-14)27-22/h5-8,16,23H,2-4H2,1H3. The lowest BCUT2D eigenvalue weighted by molar-refractivity contribution is -0.137. The lowest BCUT2D eigenvalue weighted by atomic mass is 9.95. The van der Waals surface area contributed by atoms with Gasteiger partial charge >= 0.3 is 6.18 Å². The van der Waals surface area contributed by atoms with E-state index < -0.39 is 17.9 Å². The second-order valence-electron chi connectivity index (χ2n) is 7.42. The molecule has 3 atom stereocenters. The number of hydrogen-bond donors (Lipinski definition) is 1. The summed E-state index contributed by atoms with van der Waals surface area (Å²) in [4.78, 5) is 1.55. The van der Waals surface area contributed by atoms with Crippen molar-refractivity contribution in [3.63, 3.8) is 0 Å². The van der Waals surface area contributed by atoms with Crippen LogP contribution in [0.1, 0.15) is 35.1 Å². The lowest BCUT2D eigenvalue weighted by Gasteiger charge is -2.24. The van der Waals surface area contributed by atoms with Crippen LogP contribution < -0.4 is 10.2 Å². The summed E-state index contributed by atoms with van der Waals surface area (Å²) >= 11 is 3.21. The zero-order chi connectivity index (χ0) is 19.1. The van der Waals surface area contributed by atoms with Crippen molar-refractivity contribution < 1.29 is 17.1 Å². The highest BCUT2D eigenvalue weighted by atomic mass is 79.9. The Kier molecular flexibility index (Phi) is 3.79. The average Bonchev–Trinajstić information content (AvgIpc) is 3.17. The number of fused-ring (bicyclic) bond motifs is 3. The van der Waals surface area contributed by atoms with Gasteiger partial charge in [-0.3, -0.25) is 0 Å². The monoisotopic (exact) mass is 462 g/mol. The smallest absolute Gasteiger partial charge is 0.358 e. The SMILES string of the molecule is CN1c2c(cc(Br)cc2C(F)(F)F)NC1c1nn(SF)c2c1CC1CC1C2. The normalized spacial score (nSPS) is 25.7. The Balaban J connectivity index is 1.60. The van der Waals surface area contributed by atoms with Crippen molar-refractivity contribution in [2.24, 2.45) is 11.8 Å². The van der Waals surface area contributed by atoms with Gasteiger partial charge in [-0.2, -0.15) is 22.4 Å². The van der Waals surface area contributed by atoms with Crippen molar-refractivity contribution >= 4 is 39.6 Å². The number of nitrogens with one attached hydrogen (secondary N) is 1. The van der Waals surface area contributed by atoms with Crippen LogP contribution in [0.3, 0.4) is 0 Å². The summed E-state index contributed by atoms with van der Waals surface area (Å²) in [6.07, 6.45) is -2.31. The molecule has 144 valence electrons. The zero-order valence-electron chi connectivity index (χ0n) is 14.1. The van der Waals surface area contributed by atoms with E-state index in [1.165, 1.54) is 4.09 Å². The van der Waals surface area contributed by atoms with Gasteiger partial charge in [0, 0.05) is 17.1 Å². The van der Waals surface area contributed by atoms with Gasteiger partial charge in [-0.25, -0.2) is 0 Å². The van der Waals surface area contributed by atoms with Crippen molar-refractivity contribution in [2.75, 3.05) is 17.3 Å². The van der Waals surface area contributed by atoms with Crippen LogP contribution in [0.5, 0.6) is 0 Å². The summed E-state index contributed by atoms with van der Waals surface area (Å²) in [6, 6.07) is 2.71. The van der Waals surface area contributed by atoms with Crippen LogP contribution in [0, 0.1) is 11.8 Å². The van der Waals surface area contributed by atoms with Gasteiger partial charge in [0.1, 0.15) is 11.9 Å². The number of aromatic nitrogens is 2. The highest BCUT2D eigenvalue weighted by Gasteiger charge is 2.47. The van der Waals surface area contributed by atoms with E-state index in [0.29, 0.717) is 27.7 Å². The molecule has 3 unspecified atom stereocenters. The molecular weight excluding hydrogens is 448 g/mol. The number of rotatable bonds is 2. The van der Waals surface area contributed by atoms with E-state index in [2.05, 4.69) is 26.3 Å². The maximum absolute atomic E-state index is 13.6. The summed E-state index contributed by atoms with van der Waals surface area (Å²) in [5.74, 6) is 1.18. The van der Waals surface area contributed by atoms with Crippen LogP contribution in [0.15, 0.2) is 16.6 Å². The van der Waals surface area contributed by atoms with Gasteiger partial charge in [0.05, 0.1) is 22.6 Å². The Morgan fingerprint density at radius 1 is 1.26 bits per heavy atom. The number of anilines is 2. The summed E-state index contributed by atoms with van der Waals surface area (Å²) in [5, 5.41) is 7.56. The predicted molar refractivity (Wildman–Crippen MR) is 99.2 cm³/mol. The number of halogens is 5. The van der Waals surface area contributed by atoms with Gasteiger partial charge < -0.3 is 10.2 Å². The topological polar surface area (TPSA) is 33.1 Å². The Labute approximate surface area is 165 Å². The van der Waals surface area contributed by atoms with Crippen LogP contribution in [-0.4, -0.2) is 16.2 Å². The molecule has 0 spiro atoms. The molecule has 0 amide bonds. The van der Waals surface area contributed by atoms with E-state index in [4.69, 9.17) is 0 Å². The molecule has 4 nitrogen and oxygen atoms in total. The Bertz CT molecular complexity index is 944. The quantitative estimate of drug-likeness (QED) is 0.610. The van der Waals surface area contributed by atoms with E-state index in [0.717, 1.165) is 36.6 Å².